The van der Waals surface area contributed by atoms with Gasteiger partial charge in [-0.3, -0.25) is 9.59 Å². The van der Waals surface area contributed by atoms with Gasteiger partial charge in [0.25, 0.3) is 5.56 Å². The molecular weight excluding hydrogens is 448 g/mol. The number of nitrogens with zero attached hydrogens (tertiary/aromatic N) is 3. The molecule has 1 aliphatic rings. The largest absolute Gasteiger partial charge is 0.354 e. The first-order chi connectivity index (χ1) is 16.6. The summed E-state index contributed by atoms with van der Waals surface area (Å²) in [6.07, 6.45) is 9.56. The zero-order chi connectivity index (χ0) is 23.5. The smallest absolute Gasteiger partial charge is 0.291 e. The first-order valence-electron chi connectivity index (χ1n) is 11.8. The molecule has 0 fully saturated rings. The van der Waals surface area contributed by atoms with E-state index in [2.05, 4.69) is 16.5 Å². The van der Waals surface area contributed by atoms with E-state index in [1.54, 1.807) is 6.20 Å². The second kappa shape index (κ2) is 9.85. The summed E-state index contributed by atoms with van der Waals surface area (Å²) in [5.74, 6) is -0.206. The molecule has 2 heterocycles. The molecule has 0 bridgehead atoms. The Morgan fingerprint density at radius 3 is 2.79 bits per heavy atom. The number of carbonyl (C=O) groups is 1. The van der Waals surface area contributed by atoms with Crippen LogP contribution >= 0.6 is 11.6 Å². The van der Waals surface area contributed by atoms with E-state index in [1.807, 2.05) is 53.1 Å². The van der Waals surface area contributed by atoms with Crippen molar-refractivity contribution in [3.63, 3.8) is 0 Å². The molecule has 0 aliphatic heterocycles. The quantitative estimate of drug-likeness (QED) is 0.381. The zero-order valence-corrected chi connectivity index (χ0v) is 19.7. The highest BCUT2D eigenvalue weighted by atomic mass is 35.5. The minimum atomic E-state index is -0.277. The lowest BCUT2D eigenvalue weighted by Gasteiger charge is -2.13. The number of halogens is 1. The maximum absolute atomic E-state index is 13.5. The van der Waals surface area contributed by atoms with Gasteiger partial charge in [-0.25, -0.2) is 4.68 Å². The van der Waals surface area contributed by atoms with Crippen molar-refractivity contribution >= 4 is 39.3 Å². The average molecular weight is 475 g/mol. The van der Waals surface area contributed by atoms with Crippen molar-refractivity contribution in [3.8, 4) is 0 Å². The molecule has 4 aromatic rings. The lowest BCUT2D eigenvalue weighted by molar-refractivity contribution is -0.121. The number of nitrogens with one attached hydrogen (secondary N) is 1. The third-order valence-corrected chi connectivity index (χ3v) is 6.68. The molecule has 0 saturated heterocycles. The van der Waals surface area contributed by atoms with E-state index in [0.29, 0.717) is 23.6 Å². The lowest BCUT2D eigenvalue weighted by Crippen LogP contribution is -2.34. The summed E-state index contributed by atoms with van der Waals surface area (Å²) in [6, 6.07) is 15.5. The summed E-state index contributed by atoms with van der Waals surface area (Å²) >= 11 is 6.19. The van der Waals surface area contributed by atoms with Crippen molar-refractivity contribution < 1.29 is 4.79 Å². The number of fused-ring (bicyclic) bond motifs is 3. The first kappa shape index (κ1) is 22.4. The van der Waals surface area contributed by atoms with Crippen molar-refractivity contribution in [2.75, 3.05) is 6.54 Å². The topological polar surface area (TPSA) is 68.9 Å². The second-order valence-corrected chi connectivity index (χ2v) is 9.25. The fourth-order valence-electron chi connectivity index (χ4n) is 4.77. The van der Waals surface area contributed by atoms with Crippen LogP contribution in [0.25, 0.3) is 21.8 Å². The molecule has 0 atom stereocenters. The van der Waals surface area contributed by atoms with E-state index in [9.17, 15) is 9.59 Å². The molecule has 1 aliphatic carbocycles. The molecule has 174 valence electrons. The van der Waals surface area contributed by atoms with Crippen LogP contribution in [-0.2, 0) is 17.9 Å². The van der Waals surface area contributed by atoms with E-state index < -0.39 is 0 Å². The number of rotatable bonds is 7. The van der Waals surface area contributed by atoms with Crippen LogP contribution in [0.5, 0.6) is 0 Å². The van der Waals surface area contributed by atoms with Crippen molar-refractivity contribution in [1.29, 1.82) is 0 Å². The Morgan fingerprint density at radius 2 is 1.97 bits per heavy atom. The monoisotopic (exact) mass is 474 g/mol. The van der Waals surface area contributed by atoms with E-state index in [4.69, 9.17) is 11.6 Å². The minimum absolute atomic E-state index is 0.105. The highest BCUT2D eigenvalue weighted by Gasteiger charge is 2.17. The van der Waals surface area contributed by atoms with Crippen molar-refractivity contribution in [1.82, 2.24) is 19.7 Å². The van der Waals surface area contributed by atoms with Crippen LogP contribution in [0.4, 0.5) is 0 Å². The third-order valence-electron chi connectivity index (χ3n) is 6.45. The molecule has 2 aromatic carbocycles. The fourth-order valence-corrected chi connectivity index (χ4v) is 4.99. The molecule has 34 heavy (non-hydrogen) atoms. The number of hydrogen-bond donors (Lipinski definition) is 1. The third kappa shape index (κ3) is 4.64. The molecule has 0 spiro atoms. The number of para-hydroxylation sites is 1. The van der Waals surface area contributed by atoms with Crippen molar-refractivity contribution in [2.45, 2.75) is 45.2 Å². The fraction of sp³-hybridized carbons (Fsp3) is 0.296. The molecule has 0 unspecified atom stereocenters. The van der Waals surface area contributed by atoms with Gasteiger partial charge in [-0.15, -0.1) is 0 Å². The van der Waals surface area contributed by atoms with Gasteiger partial charge < -0.3 is 9.88 Å². The van der Waals surface area contributed by atoms with Crippen LogP contribution in [0.2, 0.25) is 5.02 Å². The highest BCUT2D eigenvalue weighted by molar-refractivity contribution is 6.30. The molecular formula is C27H27ClN4O2. The molecule has 0 saturated carbocycles. The molecule has 0 radical (unpaired) electrons. The van der Waals surface area contributed by atoms with E-state index in [-0.39, 0.29) is 18.0 Å². The average Bonchev–Trinajstić information content (AvgIpc) is 3.16. The van der Waals surface area contributed by atoms with Gasteiger partial charge in [0, 0.05) is 34.4 Å². The lowest BCUT2D eigenvalue weighted by atomic mass is 9.97. The van der Waals surface area contributed by atoms with Gasteiger partial charge >= 0.3 is 0 Å². The SMILES string of the molecule is O=C(Cn1ncc2c3ccccc3n(Cc3cccc(Cl)c3)c2c1=O)NCCC1=CCCCC1. The number of aromatic nitrogens is 3. The molecule has 7 heteroatoms. The van der Waals surface area contributed by atoms with Gasteiger partial charge in [0.15, 0.2) is 0 Å². The summed E-state index contributed by atoms with van der Waals surface area (Å²) < 4.78 is 3.25. The van der Waals surface area contributed by atoms with Gasteiger partial charge in [0.2, 0.25) is 5.91 Å². The van der Waals surface area contributed by atoms with Gasteiger partial charge in [0.1, 0.15) is 12.1 Å². The van der Waals surface area contributed by atoms with E-state index in [0.717, 1.165) is 41.1 Å². The number of hydrogen-bond acceptors (Lipinski definition) is 3. The maximum atomic E-state index is 13.5. The van der Waals surface area contributed by atoms with E-state index in [1.165, 1.54) is 23.1 Å². The minimum Gasteiger partial charge on any atom is -0.354 e. The molecule has 1 amide bonds. The first-order valence-corrected chi connectivity index (χ1v) is 12.1. The normalized spacial score (nSPS) is 13.9. The molecule has 2 aromatic heterocycles. The van der Waals surface area contributed by atoms with Crippen LogP contribution in [0.1, 0.15) is 37.7 Å². The van der Waals surface area contributed by atoms with Gasteiger partial charge in [-0.05, 0) is 55.9 Å². The maximum Gasteiger partial charge on any atom is 0.291 e. The summed E-state index contributed by atoms with van der Waals surface area (Å²) in [6.45, 7) is 0.967. The Balaban J connectivity index is 1.43. The van der Waals surface area contributed by atoms with E-state index >= 15 is 0 Å². The van der Waals surface area contributed by atoms with Crippen LogP contribution < -0.4 is 10.9 Å². The van der Waals surface area contributed by atoms with Crippen LogP contribution in [0.3, 0.4) is 0 Å². The Hall–Kier alpha value is -3.38. The summed E-state index contributed by atoms with van der Waals surface area (Å²) in [7, 11) is 0. The van der Waals surface area contributed by atoms with Gasteiger partial charge in [-0.2, -0.15) is 5.10 Å². The van der Waals surface area contributed by atoms with Crippen LogP contribution in [0.15, 0.2) is 71.2 Å². The Morgan fingerprint density at radius 1 is 1.09 bits per heavy atom. The second-order valence-electron chi connectivity index (χ2n) is 8.81. The number of carbonyl (C=O) groups excluding carboxylic acids is 1. The van der Waals surface area contributed by atoms with Crippen LogP contribution in [-0.4, -0.2) is 26.8 Å². The Labute approximate surface area is 202 Å². The van der Waals surface area contributed by atoms with Gasteiger partial charge in [-0.1, -0.05) is 53.6 Å². The Bertz CT molecular complexity index is 1450. The molecule has 6 nitrogen and oxygen atoms in total. The zero-order valence-electron chi connectivity index (χ0n) is 19.0. The predicted molar refractivity (Wildman–Crippen MR) is 136 cm³/mol. The highest BCUT2D eigenvalue weighted by Crippen LogP contribution is 2.27. The van der Waals surface area contributed by atoms with Crippen molar-refractivity contribution in [3.05, 3.63) is 87.3 Å². The number of benzene rings is 2. The van der Waals surface area contributed by atoms with Gasteiger partial charge in [0.05, 0.1) is 6.20 Å². The molecule has 1 N–H and O–H groups in total. The summed E-state index contributed by atoms with van der Waals surface area (Å²) in [5.41, 5.74) is 3.61. The number of amides is 1. The number of allylic oxidation sites excluding steroid dienone is 1. The molecule has 5 rings (SSSR count). The summed E-state index contributed by atoms with van der Waals surface area (Å²) in [5, 5.41) is 9.66. The predicted octanol–water partition coefficient (Wildman–Crippen LogP) is 5.06. The van der Waals surface area contributed by atoms with Crippen molar-refractivity contribution in [2.24, 2.45) is 0 Å². The van der Waals surface area contributed by atoms with Crippen LogP contribution in [0, 0.1) is 0 Å². The standard InChI is InChI=1S/C27H27ClN4O2/c28-21-10-6-9-20(15-21)17-31-24-12-5-4-11-22(24)23-16-30-32(27(34)26(23)31)18-25(33)29-14-13-19-7-2-1-3-8-19/h4-7,9-12,15-16H,1-3,8,13-14,17-18H2,(H,29,33). The Kier molecular flexibility index (Phi) is 6.50. The summed E-state index contributed by atoms with van der Waals surface area (Å²) in [4.78, 5) is 26.1.